The van der Waals surface area contributed by atoms with E-state index in [0.717, 1.165) is 11.1 Å². The molecule has 1 unspecified atom stereocenters. The monoisotopic (exact) mass is 300 g/mol. The summed E-state index contributed by atoms with van der Waals surface area (Å²) in [4.78, 5) is 25.0. The van der Waals surface area contributed by atoms with E-state index in [1.54, 1.807) is 6.07 Å². The summed E-state index contributed by atoms with van der Waals surface area (Å²) in [6.07, 6.45) is 0.132. The number of aryl methyl sites for hydroxylation is 1. The number of aromatic nitrogens is 1. The molecule has 1 aliphatic rings. The summed E-state index contributed by atoms with van der Waals surface area (Å²) in [6, 6.07) is 9.57. The third kappa shape index (κ3) is 2.59. The molecule has 1 fully saturated rings. The van der Waals surface area contributed by atoms with Crippen LogP contribution in [0.3, 0.4) is 0 Å². The summed E-state index contributed by atoms with van der Waals surface area (Å²) < 4.78 is 9.96. The van der Waals surface area contributed by atoms with Gasteiger partial charge in [0, 0.05) is 24.6 Å². The van der Waals surface area contributed by atoms with Crippen LogP contribution in [-0.2, 0) is 14.3 Å². The van der Waals surface area contributed by atoms with Gasteiger partial charge in [0.25, 0.3) is 0 Å². The molecule has 0 N–H and O–H groups in total. The highest BCUT2D eigenvalue weighted by Crippen LogP contribution is 2.29. The second kappa shape index (κ2) is 5.63. The lowest BCUT2D eigenvalue weighted by Crippen LogP contribution is -2.25. The Morgan fingerprint density at radius 3 is 2.77 bits per heavy atom. The SMILES string of the molecule is COC(=O)C1CC(=O)N(c2cc(-c3ccc(C)cc3)no2)C1. The fourth-order valence-electron chi connectivity index (χ4n) is 2.50. The molecular formula is C16H16N2O4. The molecule has 1 aromatic heterocycles. The van der Waals surface area contributed by atoms with Gasteiger partial charge in [0.05, 0.1) is 13.0 Å². The predicted octanol–water partition coefficient (Wildman–Crippen LogP) is 2.18. The van der Waals surface area contributed by atoms with Gasteiger partial charge in [0.2, 0.25) is 11.8 Å². The molecule has 1 atom stereocenters. The Kier molecular flexibility index (Phi) is 3.66. The third-order valence-electron chi connectivity index (χ3n) is 3.77. The van der Waals surface area contributed by atoms with E-state index >= 15 is 0 Å². The quantitative estimate of drug-likeness (QED) is 0.812. The topological polar surface area (TPSA) is 72.6 Å². The molecule has 6 heteroatoms. The highest BCUT2D eigenvalue weighted by Gasteiger charge is 2.37. The molecule has 1 aromatic carbocycles. The van der Waals surface area contributed by atoms with E-state index in [1.165, 1.54) is 12.0 Å². The maximum absolute atomic E-state index is 12.0. The molecular weight excluding hydrogens is 284 g/mol. The number of carbonyl (C=O) groups is 2. The summed E-state index contributed by atoms with van der Waals surface area (Å²) in [5.41, 5.74) is 2.73. The normalized spacial score (nSPS) is 17.8. The minimum absolute atomic E-state index is 0.132. The summed E-state index contributed by atoms with van der Waals surface area (Å²) in [7, 11) is 1.32. The molecule has 0 radical (unpaired) electrons. The number of hydrogen-bond acceptors (Lipinski definition) is 5. The fourth-order valence-corrected chi connectivity index (χ4v) is 2.50. The molecule has 2 aromatic rings. The summed E-state index contributed by atoms with van der Waals surface area (Å²) in [5, 5.41) is 4.00. The number of rotatable bonds is 3. The largest absolute Gasteiger partial charge is 0.469 e. The minimum Gasteiger partial charge on any atom is -0.469 e. The molecule has 3 rings (SSSR count). The lowest BCUT2D eigenvalue weighted by Gasteiger charge is -2.10. The van der Waals surface area contributed by atoms with Crippen LogP contribution in [0.4, 0.5) is 5.88 Å². The number of nitrogens with zero attached hydrogens (tertiary/aromatic N) is 2. The van der Waals surface area contributed by atoms with E-state index in [0.29, 0.717) is 11.6 Å². The molecule has 0 saturated carbocycles. The van der Waals surface area contributed by atoms with Gasteiger partial charge in [-0.2, -0.15) is 0 Å². The van der Waals surface area contributed by atoms with Crippen molar-refractivity contribution in [3.8, 4) is 11.3 Å². The number of benzene rings is 1. The molecule has 6 nitrogen and oxygen atoms in total. The number of esters is 1. The van der Waals surface area contributed by atoms with Crippen molar-refractivity contribution in [3.05, 3.63) is 35.9 Å². The second-order valence-corrected chi connectivity index (χ2v) is 5.34. The molecule has 1 saturated heterocycles. The molecule has 114 valence electrons. The maximum atomic E-state index is 12.0. The van der Waals surface area contributed by atoms with Crippen molar-refractivity contribution in [1.82, 2.24) is 5.16 Å². The lowest BCUT2D eigenvalue weighted by molar-refractivity contribution is -0.145. The highest BCUT2D eigenvalue weighted by molar-refractivity contribution is 5.98. The minimum atomic E-state index is -0.453. The van der Waals surface area contributed by atoms with Gasteiger partial charge >= 0.3 is 5.97 Å². The Hall–Kier alpha value is -2.63. The summed E-state index contributed by atoms with van der Waals surface area (Å²) in [6.45, 7) is 2.27. The zero-order valence-electron chi connectivity index (χ0n) is 12.4. The van der Waals surface area contributed by atoms with Crippen LogP contribution in [0, 0.1) is 12.8 Å². The van der Waals surface area contributed by atoms with Crippen molar-refractivity contribution in [3.63, 3.8) is 0 Å². The van der Waals surface area contributed by atoms with Gasteiger partial charge in [-0.3, -0.25) is 14.5 Å². The Morgan fingerprint density at radius 2 is 2.09 bits per heavy atom. The average Bonchev–Trinajstić information content (AvgIpc) is 3.14. The molecule has 0 spiro atoms. The van der Waals surface area contributed by atoms with E-state index in [-0.39, 0.29) is 24.8 Å². The van der Waals surface area contributed by atoms with Gasteiger partial charge in [-0.05, 0) is 6.92 Å². The van der Waals surface area contributed by atoms with Gasteiger partial charge in [-0.15, -0.1) is 0 Å². The Bertz CT molecular complexity index is 705. The van der Waals surface area contributed by atoms with Crippen LogP contribution in [0.2, 0.25) is 0 Å². The van der Waals surface area contributed by atoms with Crippen LogP contribution >= 0.6 is 0 Å². The molecule has 0 bridgehead atoms. The van der Waals surface area contributed by atoms with Crippen LogP contribution in [0.25, 0.3) is 11.3 Å². The molecule has 2 heterocycles. The number of hydrogen-bond donors (Lipinski definition) is 0. The van der Waals surface area contributed by atoms with Crippen molar-refractivity contribution >= 4 is 17.8 Å². The smallest absolute Gasteiger partial charge is 0.311 e. The standard InChI is InChI=1S/C16H16N2O4/c1-10-3-5-11(6-4-10)13-8-15(22-17-13)18-9-12(7-14(18)19)16(20)21-2/h3-6,8,12H,7,9H2,1-2H3. The first kappa shape index (κ1) is 14.3. The first-order valence-corrected chi connectivity index (χ1v) is 7.00. The summed E-state index contributed by atoms with van der Waals surface area (Å²) >= 11 is 0. The first-order chi connectivity index (χ1) is 10.6. The zero-order valence-corrected chi connectivity index (χ0v) is 12.4. The van der Waals surface area contributed by atoms with Gasteiger partial charge in [0.15, 0.2) is 0 Å². The van der Waals surface area contributed by atoms with E-state index in [9.17, 15) is 9.59 Å². The number of ether oxygens (including phenoxy) is 1. The Labute approximate surface area is 127 Å². The van der Waals surface area contributed by atoms with Crippen molar-refractivity contribution < 1.29 is 18.8 Å². The van der Waals surface area contributed by atoms with E-state index < -0.39 is 5.92 Å². The highest BCUT2D eigenvalue weighted by atomic mass is 16.5. The van der Waals surface area contributed by atoms with Crippen LogP contribution in [0.15, 0.2) is 34.9 Å². The van der Waals surface area contributed by atoms with E-state index in [2.05, 4.69) is 9.89 Å². The zero-order chi connectivity index (χ0) is 15.7. The molecule has 0 aliphatic carbocycles. The fraction of sp³-hybridized carbons (Fsp3) is 0.312. The van der Waals surface area contributed by atoms with Gasteiger partial charge in [0.1, 0.15) is 5.69 Å². The number of amides is 1. The van der Waals surface area contributed by atoms with Crippen molar-refractivity contribution in [2.45, 2.75) is 13.3 Å². The average molecular weight is 300 g/mol. The number of methoxy groups -OCH3 is 1. The van der Waals surface area contributed by atoms with Crippen LogP contribution in [0.5, 0.6) is 0 Å². The molecule has 1 amide bonds. The summed E-state index contributed by atoms with van der Waals surface area (Å²) in [5.74, 6) is -0.645. The van der Waals surface area contributed by atoms with E-state index in [4.69, 9.17) is 4.52 Å². The second-order valence-electron chi connectivity index (χ2n) is 5.34. The third-order valence-corrected chi connectivity index (χ3v) is 3.77. The van der Waals surface area contributed by atoms with Gasteiger partial charge in [-0.25, -0.2) is 0 Å². The van der Waals surface area contributed by atoms with Crippen LogP contribution < -0.4 is 4.90 Å². The maximum Gasteiger partial charge on any atom is 0.311 e. The van der Waals surface area contributed by atoms with Gasteiger partial charge in [-0.1, -0.05) is 35.0 Å². The Morgan fingerprint density at radius 1 is 1.36 bits per heavy atom. The first-order valence-electron chi connectivity index (χ1n) is 7.00. The number of anilines is 1. The Balaban J connectivity index is 1.80. The van der Waals surface area contributed by atoms with E-state index in [1.807, 2.05) is 31.2 Å². The van der Waals surface area contributed by atoms with Crippen LogP contribution in [-0.4, -0.2) is 30.7 Å². The lowest BCUT2D eigenvalue weighted by atomic mass is 10.1. The van der Waals surface area contributed by atoms with Crippen molar-refractivity contribution in [2.75, 3.05) is 18.6 Å². The molecule has 22 heavy (non-hydrogen) atoms. The number of carbonyl (C=O) groups excluding carboxylic acids is 2. The van der Waals surface area contributed by atoms with Crippen molar-refractivity contribution in [1.29, 1.82) is 0 Å². The molecule has 1 aliphatic heterocycles. The van der Waals surface area contributed by atoms with Crippen LogP contribution in [0.1, 0.15) is 12.0 Å². The predicted molar refractivity (Wildman–Crippen MR) is 79.2 cm³/mol. The van der Waals surface area contributed by atoms with Gasteiger partial charge < -0.3 is 9.26 Å². The van der Waals surface area contributed by atoms with Crippen molar-refractivity contribution in [2.24, 2.45) is 5.92 Å².